The van der Waals surface area contributed by atoms with Crippen LogP contribution in [0.3, 0.4) is 0 Å². The summed E-state index contributed by atoms with van der Waals surface area (Å²) in [6, 6.07) is 11.2. The van der Waals surface area contributed by atoms with Gasteiger partial charge in [-0.3, -0.25) is 9.89 Å². The number of aromatic nitrogens is 2. The van der Waals surface area contributed by atoms with Gasteiger partial charge >= 0.3 is 0 Å². The summed E-state index contributed by atoms with van der Waals surface area (Å²) in [6.07, 6.45) is 4.28. The van der Waals surface area contributed by atoms with E-state index in [0.29, 0.717) is 11.5 Å². The van der Waals surface area contributed by atoms with Crippen molar-refractivity contribution in [3.05, 3.63) is 53.7 Å². The summed E-state index contributed by atoms with van der Waals surface area (Å²) in [7, 11) is 0. The molecule has 0 aliphatic heterocycles. The molecule has 0 radical (unpaired) electrons. The third kappa shape index (κ3) is 3.11. The van der Waals surface area contributed by atoms with Crippen molar-refractivity contribution in [1.82, 2.24) is 10.2 Å². The van der Waals surface area contributed by atoms with Gasteiger partial charge in [0.15, 0.2) is 0 Å². The zero-order chi connectivity index (χ0) is 16.5. The Morgan fingerprint density at radius 1 is 1.29 bits per heavy atom. The summed E-state index contributed by atoms with van der Waals surface area (Å²) in [4.78, 5) is 12.5. The van der Waals surface area contributed by atoms with Gasteiger partial charge in [-0.25, -0.2) is 0 Å². The van der Waals surface area contributed by atoms with Crippen LogP contribution in [-0.2, 0) is 0 Å². The molecule has 1 aromatic heterocycles. The van der Waals surface area contributed by atoms with Gasteiger partial charge < -0.3 is 10.1 Å². The second-order valence-electron chi connectivity index (χ2n) is 6.36. The average Bonchev–Trinajstić information content (AvgIpc) is 3.32. The molecule has 5 heteroatoms. The predicted octanol–water partition coefficient (Wildman–Crippen LogP) is 3.91. The molecule has 1 heterocycles. The number of benzene rings is 2. The van der Waals surface area contributed by atoms with E-state index in [2.05, 4.69) is 15.5 Å². The van der Waals surface area contributed by atoms with Crippen LogP contribution in [0.15, 0.2) is 42.6 Å². The van der Waals surface area contributed by atoms with E-state index in [1.54, 1.807) is 18.3 Å². The molecule has 0 saturated heterocycles. The number of aryl methyl sites for hydroxylation is 1. The Hall–Kier alpha value is -2.82. The Balaban J connectivity index is 1.46. The third-order valence-electron chi connectivity index (χ3n) is 4.33. The second-order valence-corrected chi connectivity index (χ2v) is 6.36. The van der Waals surface area contributed by atoms with E-state index in [4.69, 9.17) is 4.74 Å². The van der Waals surface area contributed by atoms with Gasteiger partial charge in [-0.1, -0.05) is 0 Å². The Bertz CT molecular complexity index is 879. The van der Waals surface area contributed by atoms with Gasteiger partial charge in [0.05, 0.1) is 18.3 Å². The number of fused-ring (bicyclic) bond motifs is 1. The molecule has 122 valence electrons. The van der Waals surface area contributed by atoms with Gasteiger partial charge in [-0.05, 0) is 67.6 Å². The van der Waals surface area contributed by atoms with Gasteiger partial charge in [0.2, 0.25) is 0 Å². The molecule has 2 aromatic carbocycles. The quantitative estimate of drug-likeness (QED) is 0.748. The first-order valence-electron chi connectivity index (χ1n) is 8.17. The summed E-state index contributed by atoms with van der Waals surface area (Å²) in [6.45, 7) is 2.74. The van der Waals surface area contributed by atoms with Gasteiger partial charge in [0.1, 0.15) is 5.75 Å². The van der Waals surface area contributed by atoms with Crippen LogP contribution in [0.1, 0.15) is 28.8 Å². The van der Waals surface area contributed by atoms with Gasteiger partial charge in [0.25, 0.3) is 5.91 Å². The minimum absolute atomic E-state index is 0.130. The van der Waals surface area contributed by atoms with E-state index in [1.165, 1.54) is 12.8 Å². The average molecular weight is 321 g/mol. The van der Waals surface area contributed by atoms with Gasteiger partial charge in [-0.2, -0.15) is 5.10 Å². The normalized spacial score (nSPS) is 13.9. The fraction of sp³-hybridized carbons (Fsp3) is 0.263. The number of rotatable bonds is 5. The predicted molar refractivity (Wildman–Crippen MR) is 93.4 cm³/mol. The molecule has 0 spiro atoms. The number of carbonyl (C=O) groups excluding carboxylic acids is 1. The Kier molecular flexibility index (Phi) is 3.69. The van der Waals surface area contributed by atoms with Gasteiger partial charge in [-0.15, -0.1) is 0 Å². The molecular formula is C19H19N3O2. The maximum absolute atomic E-state index is 12.5. The summed E-state index contributed by atoms with van der Waals surface area (Å²) in [5.41, 5.74) is 3.36. The first-order chi connectivity index (χ1) is 11.7. The minimum Gasteiger partial charge on any atom is -0.493 e. The van der Waals surface area contributed by atoms with Crippen molar-refractivity contribution in [2.45, 2.75) is 19.8 Å². The number of anilines is 1. The maximum Gasteiger partial charge on any atom is 0.255 e. The van der Waals surface area contributed by atoms with E-state index in [0.717, 1.165) is 34.5 Å². The van der Waals surface area contributed by atoms with Crippen LogP contribution >= 0.6 is 0 Å². The van der Waals surface area contributed by atoms with Crippen LogP contribution in [-0.4, -0.2) is 22.7 Å². The number of aromatic amines is 1. The summed E-state index contributed by atoms with van der Waals surface area (Å²) < 4.78 is 5.70. The van der Waals surface area contributed by atoms with Crippen molar-refractivity contribution in [2.24, 2.45) is 5.92 Å². The van der Waals surface area contributed by atoms with Crippen LogP contribution in [0.25, 0.3) is 10.9 Å². The molecule has 1 saturated carbocycles. The highest BCUT2D eigenvalue weighted by atomic mass is 16.5. The van der Waals surface area contributed by atoms with Crippen molar-refractivity contribution in [1.29, 1.82) is 0 Å². The fourth-order valence-corrected chi connectivity index (χ4v) is 2.63. The topological polar surface area (TPSA) is 67.0 Å². The molecular weight excluding hydrogens is 302 g/mol. The lowest BCUT2D eigenvalue weighted by atomic mass is 10.1. The fourth-order valence-electron chi connectivity index (χ4n) is 2.63. The first kappa shape index (κ1) is 14.8. The number of hydrogen-bond donors (Lipinski definition) is 2. The smallest absolute Gasteiger partial charge is 0.255 e. The molecule has 0 bridgehead atoms. The number of amides is 1. The van der Waals surface area contributed by atoms with E-state index in [-0.39, 0.29) is 5.91 Å². The molecule has 0 unspecified atom stereocenters. The minimum atomic E-state index is -0.130. The number of ether oxygens (including phenoxy) is 1. The van der Waals surface area contributed by atoms with E-state index < -0.39 is 0 Å². The van der Waals surface area contributed by atoms with Crippen molar-refractivity contribution in [3.8, 4) is 5.75 Å². The number of carbonyl (C=O) groups is 1. The highest BCUT2D eigenvalue weighted by Crippen LogP contribution is 2.29. The molecule has 2 N–H and O–H groups in total. The molecule has 24 heavy (non-hydrogen) atoms. The first-order valence-corrected chi connectivity index (χ1v) is 8.17. The maximum atomic E-state index is 12.5. The standard InChI is InChI=1S/C19H19N3O2/c1-12-8-18-15(10-20-22-18)9-17(12)21-19(23)14-4-6-16(7-5-14)24-11-13-2-3-13/h4-10,13H,2-3,11H2,1H3,(H,20,22)(H,21,23). The van der Waals surface area contributed by atoms with Crippen LogP contribution < -0.4 is 10.1 Å². The lowest BCUT2D eigenvalue weighted by Crippen LogP contribution is -2.12. The van der Waals surface area contributed by atoms with Crippen LogP contribution in [0, 0.1) is 12.8 Å². The Labute approximate surface area is 140 Å². The Morgan fingerprint density at radius 2 is 2.08 bits per heavy atom. The van der Waals surface area contributed by atoms with Crippen molar-refractivity contribution in [2.75, 3.05) is 11.9 Å². The highest BCUT2D eigenvalue weighted by Gasteiger charge is 2.21. The summed E-state index contributed by atoms with van der Waals surface area (Å²) in [5.74, 6) is 1.40. The molecule has 0 atom stereocenters. The highest BCUT2D eigenvalue weighted by molar-refractivity contribution is 6.05. The molecule has 1 amide bonds. The van der Waals surface area contributed by atoms with Crippen molar-refractivity contribution >= 4 is 22.5 Å². The van der Waals surface area contributed by atoms with E-state index in [9.17, 15) is 4.79 Å². The lowest BCUT2D eigenvalue weighted by Gasteiger charge is -2.10. The monoisotopic (exact) mass is 321 g/mol. The zero-order valence-corrected chi connectivity index (χ0v) is 13.5. The number of nitrogens with one attached hydrogen (secondary N) is 2. The third-order valence-corrected chi connectivity index (χ3v) is 4.33. The molecule has 1 aliphatic carbocycles. The van der Waals surface area contributed by atoms with E-state index >= 15 is 0 Å². The van der Waals surface area contributed by atoms with Crippen molar-refractivity contribution < 1.29 is 9.53 Å². The second kappa shape index (κ2) is 6.00. The Morgan fingerprint density at radius 3 is 2.83 bits per heavy atom. The van der Waals surface area contributed by atoms with Crippen LogP contribution in [0.4, 0.5) is 5.69 Å². The molecule has 1 fully saturated rings. The summed E-state index contributed by atoms with van der Waals surface area (Å²) >= 11 is 0. The SMILES string of the molecule is Cc1cc2[nH]ncc2cc1NC(=O)c1ccc(OCC2CC2)cc1. The molecule has 5 nitrogen and oxygen atoms in total. The van der Waals surface area contributed by atoms with Crippen LogP contribution in [0.2, 0.25) is 0 Å². The zero-order valence-electron chi connectivity index (χ0n) is 13.5. The number of hydrogen-bond acceptors (Lipinski definition) is 3. The summed E-state index contributed by atoms with van der Waals surface area (Å²) in [5, 5.41) is 10.9. The number of H-pyrrole nitrogens is 1. The molecule has 1 aliphatic rings. The van der Waals surface area contributed by atoms with E-state index in [1.807, 2.05) is 31.2 Å². The van der Waals surface area contributed by atoms with Crippen LogP contribution in [0.5, 0.6) is 5.75 Å². The largest absolute Gasteiger partial charge is 0.493 e. The number of nitrogens with zero attached hydrogens (tertiary/aromatic N) is 1. The lowest BCUT2D eigenvalue weighted by molar-refractivity contribution is 0.102. The molecule has 4 rings (SSSR count). The van der Waals surface area contributed by atoms with Gasteiger partial charge in [0, 0.05) is 16.6 Å². The molecule has 3 aromatic rings. The van der Waals surface area contributed by atoms with Crippen molar-refractivity contribution in [3.63, 3.8) is 0 Å².